The van der Waals surface area contributed by atoms with Crippen molar-refractivity contribution < 1.29 is 9.59 Å². The summed E-state index contributed by atoms with van der Waals surface area (Å²) in [6.07, 6.45) is 0.316. The standard InChI is InChI=1S/C23H27N3O2/c1-18-7-9-21(10-8-18)26-17-20(15-22(26)27)23(28)25-13-11-24(12-14-25)16-19-5-3-2-4-6-19/h2-10,20H,11-17H2,1H3. The summed E-state index contributed by atoms with van der Waals surface area (Å²) in [5.74, 6) is -0.0540. The molecule has 2 heterocycles. The molecule has 5 heteroatoms. The lowest BCUT2D eigenvalue weighted by Gasteiger charge is -2.36. The Morgan fingerprint density at radius 1 is 0.964 bits per heavy atom. The van der Waals surface area contributed by atoms with E-state index in [-0.39, 0.29) is 17.7 Å². The van der Waals surface area contributed by atoms with E-state index in [0.717, 1.165) is 44.0 Å². The SMILES string of the molecule is Cc1ccc(N2CC(C(=O)N3CCN(Cc4ccccc4)CC3)CC2=O)cc1. The van der Waals surface area contributed by atoms with Crippen molar-refractivity contribution in [1.29, 1.82) is 0 Å². The molecule has 2 fully saturated rings. The second-order valence-electron chi connectivity index (χ2n) is 7.83. The van der Waals surface area contributed by atoms with Gasteiger partial charge in [-0.25, -0.2) is 0 Å². The third-order valence-corrected chi connectivity index (χ3v) is 5.75. The minimum atomic E-state index is -0.227. The van der Waals surface area contributed by atoms with Crippen LogP contribution in [-0.2, 0) is 16.1 Å². The topological polar surface area (TPSA) is 43.9 Å². The average Bonchev–Trinajstić information content (AvgIpc) is 3.11. The van der Waals surface area contributed by atoms with E-state index in [9.17, 15) is 9.59 Å². The molecule has 2 aromatic rings. The monoisotopic (exact) mass is 377 g/mol. The van der Waals surface area contributed by atoms with E-state index in [1.807, 2.05) is 42.2 Å². The molecule has 2 amide bonds. The fourth-order valence-electron chi connectivity index (χ4n) is 4.07. The van der Waals surface area contributed by atoms with E-state index in [1.165, 1.54) is 5.56 Å². The van der Waals surface area contributed by atoms with Gasteiger partial charge in [-0.05, 0) is 24.6 Å². The largest absolute Gasteiger partial charge is 0.340 e. The highest BCUT2D eigenvalue weighted by Crippen LogP contribution is 2.27. The second-order valence-corrected chi connectivity index (χ2v) is 7.83. The van der Waals surface area contributed by atoms with E-state index in [2.05, 4.69) is 29.2 Å². The highest BCUT2D eigenvalue weighted by Gasteiger charge is 2.37. The van der Waals surface area contributed by atoms with E-state index < -0.39 is 0 Å². The third-order valence-electron chi connectivity index (χ3n) is 5.75. The number of anilines is 1. The van der Waals surface area contributed by atoms with Crippen LogP contribution in [0.1, 0.15) is 17.5 Å². The normalized spacial score (nSPS) is 20.6. The number of carbonyl (C=O) groups is 2. The van der Waals surface area contributed by atoms with Crippen LogP contribution in [0.2, 0.25) is 0 Å². The minimum absolute atomic E-state index is 0.0462. The van der Waals surface area contributed by atoms with E-state index in [0.29, 0.717) is 13.0 Å². The van der Waals surface area contributed by atoms with Gasteiger partial charge in [0.1, 0.15) is 0 Å². The molecular formula is C23H27N3O2. The first-order valence-electron chi connectivity index (χ1n) is 10.0. The molecule has 28 heavy (non-hydrogen) atoms. The minimum Gasteiger partial charge on any atom is -0.340 e. The summed E-state index contributed by atoms with van der Waals surface area (Å²) >= 11 is 0. The number of benzene rings is 2. The third kappa shape index (κ3) is 4.09. The van der Waals surface area contributed by atoms with Crippen molar-refractivity contribution in [2.24, 2.45) is 5.92 Å². The zero-order chi connectivity index (χ0) is 19.5. The summed E-state index contributed by atoms with van der Waals surface area (Å²) in [7, 11) is 0. The Labute approximate surface area is 166 Å². The van der Waals surface area contributed by atoms with Crippen molar-refractivity contribution >= 4 is 17.5 Å². The molecule has 0 aliphatic carbocycles. The fourth-order valence-corrected chi connectivity index (χ4v) is 4.07. The number of hydrogen-bond acceptors (Lipinski definition) is 3. The van der Waals surface area contributed by atoms with Crippen LogP contribution in [0.4, 0.5) is 5.69 Å². The van der Waals surface area contributed by atoms with Crippen molar-refractivity contribution in [3.05, 3.63) is 65.7 Å². The van der Waals surface area contributed by atoms with Gasteiger partial charge in [0, 0.05) is 51.4 Å². The van der Waals surface area contributed by atoms with Crippen LogP contribution in [0.5, 0.6) is 0 Å². The summed E-state index contributed by atoms with van der Waals surface area (Å²) < 4.78 is 0. The molecule has 2 aromatic carbocycles. The first-order chi connectivity index (χ1) is 13.6. The Kier molecular flexibility index (Phi) is 5.44. The number of aryl methyl sites for hydroxylation is 1. The number of carbonyl (C=O) groups excluding carboxylic acids is 2. The molecule has 0 saturated carbocycles. The summed E-state index contributed by atoms with van der Waals surface area (Å²) in [4.78, 5) is 31.5. The summed E-state index contributed by atoms with van der Waals surface area (Å²) in [5.41, 5.74) is 3.35. The summed E-state index contributed by atoms with van der Waals surface area (Å²) in [5, 5.41) is 0. The maximum Gasteiger partial charge on any atom is 0.228 e. The maximum atomic E-state index is 13.0. The van der Waals surface area contributed by atoms with Crippen LogP contribution >= 0.6 is 0 Å². The van der Waals surface area contributed by atoms with Crippen LogP contribution in [0.3, 0.4) is 0 Å². The number of hydrogen-bond donors (Lipinski definition) is 0. The molecule has 5 nitrogen and oxygen atoms in total. The second kappa shape index (κ2) is 8.15. The van der Waals surface area contributed by atoms with Gasteiger partial charge < -0.3 is 9.80 Å². The summed E-state index contributed by atoms with van der Waals surface area (Å²) in [6, 6.07) is 18.4. The molecule has 0 aromatic heterocycles. The van der Waals surface area contributed by atoms with Crippen molar-refractivity contribution in [2.75, 3.05) is 37.6 Å². The van der Waals surface area contributed by atoms with Crippen LogP contribution in [-0.4, -0.2) is 54.3 Å². The molecule has 146 valence electrons. The Bertz CT molecular complexity index is 827. The average molecular weight is 377 g/mol. The van der Waals surface area contributed by atoms with Gasteiger partial charge in [-0.1, -0.05) is 48.0 Å². The Morgan fingerprint density at radius 2 is 1.64 bits per heavy atom. The Morgan fingerprint density at radius 3 is 2.32 bits per heavy atom. The van der Waals surface area contributed by atoms with Gasteiger partial charge in [0.05, 0.1) is 5.92 Å². The molecule has 0 bridgehead atoms. The molecule has 0 spiro atoms. The molecule has 2 aliphatic rings. The quantitative estimate of drug-likeness (QED) is 0.823. The van der Waals surface area contributed by atoms with E-state index >= 15 is 0 Å². The predicted octanol–water partition coefficient (Wildman–Crippen LogP) is 2.69. The van der Waals surface area contributed by atoms with Crippen LogP contribution < -0.4 is 4.90 Å². The number of piperazine rings is 1. The van der Waals surface area contributed by atoms with Crippen molar-refractivity contribution in [3.8, 4) is 0 Å². The van der Waals surface area contributed by atoms with Gasteiger partial charge in [0.2, 0.25) is 11.8 Å². The molecule has 0 N–H and O–H groups in total. The molecule has 1 unspecified atom stereocenters. The molecule has 4 rings (SSSR count). The van der Waals surface area contributed by atoms with Gasteiger partial charge >= 0.3 is 0 Å². The fraction of sp³-hybridized carbons (Fsp3) is 0.391. The lowest BCUT2D eigenvalue weighted by molar-refractivity contribution is -0.137. The smallest absolute Gasteiger partial charge is 0.228 e. The van der Waals surface area contributed by atoms with Crippen molar-refractivity contribution in [2.45, 2.75) is 19.9 Å². The molecule has 1 atom stereocenters. The highest BCUT2D eigenvalue weighted by atomic mass is 16.2. The number of rotatable bonds is 4. The lowest BCUT2D eigenvalue weighted by Crippen LogP contribution is -2.50. The van der Waals surface area contributed by atoms with Gasteiger partial charge in [0.15, 0.2) is 0 Å². The van der Waals surface area contributed by atoms with Crippen LogP contribution in [0, 0.1) is 12.8 Å². The Hall–Kier alpha value is -2.66. The van der Waals surface area contributed by atoms with Gasteiger partial charge in [-0.15, -0.1) is 0 Å². The predicted molar refractivity (Wildman–Crippen MR) is 110 cm³/mol. The van der Waals surface area contributed by atoms with E-state index in [1.54, 1.807) is 4.90 Å². The lowest BCUT2D eigenvalue weighted by atomic mass is 10.1. The first kappa shape index (κ1) is 18.7. The first-order valence-corrected chi connectivity index (χ1v) is 10.0. The van der Waals surface area contributed by atoms with Gasteiger partial charge in [0.25, 0.3) is 0 Å². The molecule has 2 saturated heterocycles. The van der Waals surface area contributed by atoms with Crippen molar-refractivity contribution in [1.82, 2.24) is 9.80 Å². The maximum absolute atomic E-state index is 13.0. The van der Waals surface area contributed by atoms with E-state index in [4.69, 9.17) is 0 Å². The molecule has 2 aliphatic heterocycles. The Balaban J connectivity index is 1.32. The van der Waals surface area contributed by atoms with Crippen molar-refractivity contribution in [3.63, 3.8) is 0 Å². The molecular weight excluding hydrogens is 350 g/mol. The van der Waals surface area contributed by atoms with Crippen LogP contribution in [0.15, 0.2) is 54.6 Å². The zero-order valence-electron chi connectivity index (χ0n) is 16.4. The molecule has 0 radical (unpaired) electrons. The van der Waals surface area contributed by atoms with Crippen LogP contribution in [0.25, 0.3) is 0 Å². The van der Waals surface area contributed by atoms with Gasteiger partial charge in [-0.3, -0.25) is 14.5 Å². The zero-order valence-corrected chi connectivity index (χ0v) is 16.4. The number of nitrogens with zero attached hydrogens (tertiary/aromatic N) is 3. The van der Waals surface area contributed by atoms with Gasteiger partial charge in [-0.2, -0.15) is 0 Å². The summed E-state index contributed by atoms with van der Waals surface area (Å²) in [6.45, 7) is 6.67. The number of amides is 2. The highest BCUT2D eigenvalue weighted by molar-refractivity contribution is 6.00.